The molecule has 0 radical (unpaired) electrons. The minimum atomic E-state index is 0.463. The van der Waals surface area contributed by atoms with Crippen LogP contribution in [0.3, 0.4) is 0 Å². The van der Waals surface area contributed by atoms with Crippen LogP contribution in [0.2, 0.25) is 0 Å². The van der Waals surface area contributed by atoms with Gasteiger partial charge in [-0.2, -0.15) is 5.26 Å². The maximum absolute atomic E-state index is 9.36. The normalized spacial score (nSPS) is 11.6. The Bertz CT molecular complexity index is 1590. The van der Waals surface area contributed by atoms with Crippen molar-refractivity contribution in [3.63, 3.8) is 0 Å². The highest BCUT2D eigenvalue weighted by Crippen LogP contribution is 2.30. The number of nitrogens with zero attached hydrogens (tertiary/aromatic N) is 7. The molecule has 0 bridgehead atoms. The van der Waals surface area contributed by atoms with Crippen LogP contribution in [-0.4, -0.2) is 38.3 Å². The summed E-state index contributed by atoms with van der Waals surface area (Å²) in [5.41, 5.74) is 5.66. The number of pyridine rings is 3. The molecule has 0 aliphatic carbocycles. The third-order valence-corrected chi connectivity index (χ3v) is 5.52. The first-order valence-corrected chi connectivity index (χ1v) is 10.1. The lowest BCUT2D eigenvalue weighted by Gasteiger charge is -2.09. The number of imidazole rings is 1. The van der Waals surface area contributed by atoms with Gasteiger partial charge >= 0.3 is 0 Å². The maximum atomic E-state index is 9.36. The summed E-state index contributed by atoms with van der Waals surface area (Å²) in [5.74, 6) is 1.05. The fourth-order valence-electron chi connectivity index (χ4n) is 3.90. The Labute approximate surface area is 188 Å². The number of hydrogen-bond acceptors (Lipinski definition) is 7. The molecule has 162 valence electrons. The standard InChI is InChI=1S/C24H19N7O2/c1-30-20-13-26-19-7-4-15(16-5-8-21(32-2)27-11-16)10-18(19)23(20)31(24(30)29-14-25)17-6-9-22(33-3)28-12-17/h4-13H,1-3H3. The summed E-state index contributed by atoms with van der Waals surface area (Å²) >= 11 is 0. The SMILES string of the molecule is COc1ccc(-c2ccc3ncc4c(c3c2)n(-c2ccc(OC)nc2)c(=NC#N)n4C)cn1. The summed E-state index contributed by atoms with van der Waals surface area (Å²) in [6, 6.07) is 13.5. The van der Waals surface area contributed by atoms with E-state index in [9.17, 15) is 5.26 Å². The fraction of sp³-hybridized carbons (Fsp3) is 0.125. The number of nitriles is 1. The molecule has 9 heteroatoms. The van der Waals surface area contributed by atoms with Crippen molar-refractivity contribution in [3.05, 3.63) is 66.7 Å². The van der Waals surface area contributed by atoms with Gasteiger partial charge in [-0.3, -0.25) is 9.55 Å². The molecule has 4 aromatic heterocycles. The minimum absolute atomic E-state index is 0.463. The van der Waals surface area contributed by atoms with Gasteiger partial charge in [0.25, 0.3) is 0 Å². The van der Waals surface area contributed by atoms with Crippen molar-refractivity contribution in [2.45, 2.75) is 0 Å². The number of methoxy groups -OCH3 is 2. The highest BCUT2D eigenvalue weighted by Gasteiger charge is 2.16. The number of rotatable bonds is 4. The number of aromatic nitrogens is 5. The van der Waals surface area contributed by atoms with Crippen molar-refractivity contribution in [1.82, 2.24) is 24.1 Å². The highest BCUT2D eigenvalue weighted by molar-refractivity contribution is 6.04. The van der Waals surface area contributed by atoms with Gasteiger partial charge in [-0.1, -0.05) is 6.07 Å². The van der Waals surface area contributed by atoms with Gasteiger partial charge in [0.05, 0.1) is 48.9 Å². The van der Waals surface area contributed by atoms with E-state index in [0.29, 0.717) is 17.4 Å². The second-order valence-electron chi connectivity index (χ2n) is 7.28. The van der Waals surface area contributed by atoms with Gasteiger partial charge < -0.3 is 14.0 Å². The predicted molar refractivity (Wildman–Crippen MR) is 123 cm³/mol. The Morgan fingerprint density at radius 3 is 2.24 bits per heavy atom. The lowest BCUT2D eigenvalue weighted by atomic mass is 10.0. The van der Waals surface area contributed by atoms with Crippen molar-refractivity contribution < 1.29 is 9.47 Å². The number of ether oxygens (including phenoxy) is 2. The number of aryl methyl sites for hydroxylation is 1. The first-order chi connectivity index (χ1) is 16.1. The molecule has 4 heterocycles. The summed E-state index contributed by atoms with van der Waals surface area (Å²) in [4.78, 5) is 17.4. The highest BCUT2D eigenvalue weighted by atomic mass is 16.5. The Morgan fingerprint density at radius 2 is 1.61 bits per heavy atom. The van der Waals surface area contributed by atoms with Gasteiger partial charge in [-0.15, -0.1) is 4.99 Å². The number of hydrogen-bond donors (Lipinski definition) is 0. The topological polar surface area (TPSA) is 103 Å². The zero-order chi connectivity index (χ0) is 22.9. The van der Waals surface area contributed by atoms with Gasteiger partial charge in [0.15, 0.2) is 0 Å². The van der Waals surface area contributed by atoms with Crippen molar-refractivity contribution in [2.75, 3.05) is 14.2 Å². The third kappa shape index (κ3) is 3.34. The zero-order valence-corrected chi connectivity index (χ0v) is 18.2. The van der Waals surface area contributed by atoms with Crippen LogP contribution in [0.4, 0.5) is 0 Å². The van der Waals surface area contributed by atoms with Crippen LogP contribution in [-0.2, 0) is 7.05 Å². The van der Waals surface area contributed by atoms with E-state index in [2.05, 4.69) is 26.0 Å². The van der Waals surface area contributed by atoms with Crippen LogP contribution in [0.5, 0.6) is 11.8 Å². The zero-order valence-electron chi connectivity index (χ0n) is 18.2. The average Bonchev–Trinajstić information content (AvgIpc) is 3.16. The predicted octanol–water partition coefficient (Wildman–Crippen LogP) is 3.37. The monoisotopic (exact) mass is 437 g/mol. The second-order valence-corrected chi connectivity index (χ2v) is 7.28. The van der Waals surface area contributed by atoms with Gasteiger partial charge in [0.2, 0.25) is 23.6 Å². The Hall–Kier alpha value is -4.71. The molecule has 0 saturated carbocycles. The molecule has 0 N–H and O–H groups in total. The molecule has 0 atom stereocenters. The molecule has 5 aromatic rings. The fourth-order valence-corrected chi connectivity index (χ4v) is 3.90. The van der Waals surface area contributed by atoms with E-state index in [-0.39, 0.29) is 0 Å². The molecule has 0 unspecified atom stereocenters. The molecule has 1 aromatic carbocycles. The van der Waals surface area contributed by atoms with E-state index in [1.54, 1.807) is 38.9 Å². The van der Waals surface area contributed by atoms with E-state index >= 15 is 0 Å². The third-order valence-electron chi connectivity index (χ3n) is 5.52. The van der Waals surface area contributed by atoms with E-state index in [4.69, 9.17) is 9.47 Å². The van der Waals surface area contributed by atoms with Crippen LogP contribution in [0.15, 0.2) is 66.0 Å². The average molecular weight is 437 g/mol. The minimum Gasteiger partial charge on any atom is -0.481 e. The Morgan fingerprint density at radius 1 is 0.879 bits per heavy atom. The molecule has 9 nitrogen and oxygen atoms in total. The van der Waals surface area contributed by atoms with Gasteiger partial charge in [0.1, 0.15) is 0 Å². The van der Waals surface area contributed by atoms with Gasteiger partial charge in [-0.25, -0.2) is 9.97 Å². The smallest absolute Gasteiger partial charge is 0.226 e. The van der Waals surface area contributed by atoms with Crippen molar-refractivity contribution in [1.29, 1.82) is 5.26 Å². The van der Waals surface area contributed by atoms with Crippen LogP contribution >= 0.6 is 0 Å². The molecule has 0 aliphatic rings. The number of fused-ring (bicyclic) bond motifs is 3. The lowest BCUT2D eigenvalue weighted by molar-refractivity contribution is 0.397. The van der Waals surface area contributed by atoms with Gasteiger partial charge in [0, 0.05) is 36.3 Å². The van der Waals surface area contributed by atoms with E-state index in [1.807, 2.05) is 52.7 Å². The lowest BCUT2D eigenvalue weighted by Crippen LogP contribution is -2.22. The first-order valence-electron chi connectivity index (χ1n) is 10.1. The van der Waals surface area contributed by atoms with Crippen molar-refractivity contribution >= 4 is 21.9 Å². The van der Waals surface area contributed by atoms with Crippen molar-refractivity contribution in [2.24, 2.45) is 12.0 Å². The molecule has 5 rings (SSSR count). The van der Waals surface area contributed by atoms with Crippen LogP contribution in [0.1, 0.15) is 0 Å². The van der Waals surface area contributed by atoms with E-state index < -0.39 is 0 Å². The quantitative estimate of drug-likeness (QED) is 0.399. The Balaban J connectivity index is 1.84. The summed E-state index contributed by atoms with van der Waals surface area (Å²) in [5, 5.41) is 10.3. The molecular formula is C24H19N7O2. The van der Waals surface area contributed by atoms with E-state index in [0.717, 1.165) is 38.8 Å². The summed E-state index contributed by atoms with van der Waals surface area (Å²) in [7, 11) is 5.02. The summed E-state index contributed by atoms with van der Waals surface area (Å²) < 4.78 is 14.1. The molecule has 0 aliphatic heterocycles. The molecule has 0 amide bonds. The van der Waals surface area contributed by atoms with Crippen LogP contribution < -0.4 is 15.1 Å². The van der Waals surface area contributed by atoms with E-state index in [1.165, 1.54) is 0 Å². The maximum Gasteiger partial charge on any atom is 0.226 e. The van der Waals surface area contributed by atoms with Crippen LogP contribution in [0, 0.1) is 11.5 Å². The largest absolute Gasteiger partial charge is 0.481 e. The molecule has 33 heavy (non-hydrogen) atoms. The van der Waals surface area contributed by atoms with Crippen LogP contribution in [0.25, 0.3) is 38.8 Å². The molecule has 0 saturated heterocycles. The van der Waals surface area contributed by atoms with Gasteiger partial charge in [-0.05, 0) is 29.8 Å². The number of benzene rings is 1. The first kappa shape index (κ1) is 20.2. The second kappa shape index (κ2) is 8.09. The molecule has 0 spiro atoms. The van der Waals surface area contributed by atoms with Crippen molar-refractivity contribution in [3.8, 4) is 34.8 Å². The summed E-state index contributed by atoms with van der Waals surface area (Å²) in [6.07, 6.45) is 7.17. The Kier molecular flexibility index (Phi) is 4.95. The summed E-state index contributed by atoms with van der Waals surface area (Å²) in [6.45, 7) is 0. The molecule has 0 fully saturated rings. The molecular weight excluding hydrogens is 418 g/mol.